The van der Waals surface area contributed by atoms with E-state index in [4.69, 9.17) is 33.7 Å². The molecular formula is C14H12Cl2N2O2. The summed E-state index contributed by atoms with van der Waals surface area (Å²) in [5, 5.41) is 3.48. The first kappa shape index (κ1) is 14.5. The Bertz CT molecular complexity index is 660. The van der Waals surface area contributed by atoms with Crippen LogP contribution in [0.1, 0.15) is 10.4 Å². The third kappa shape index (κ3) is 3.15. The quantitative estimate of drug-likeness (QED) is 0.847. The van der Waals surface area contributed by atoms with Crippen LogP contribution in [0.25, 0.3) is 0 Å². The molecule has 104 valence electrons. The van der Waals surface area contributed by atoms with Gasteiger partial charge < -0.3 is 15.8 Å². The molecule has 0 radical (unpaired) electrons. The fourth-order valence-electron chi connectivity index (χ4n) is 1.68. The highest BCUT2D eigenvalue weighted by atomic mass is 35.5. The Balaban J connectivity index is 2.30. The molecule has 3 N–H and O–H groups in total. The van der Waals surface area contributed by atoms with Crippen molar-refractivity contribution in [2.24, 2.45) is 0 Å². The first-order valence-electron chi connectivity index (χ1n) is 5.71. The molecule has 0 aliphatic carbocycles. The van der Waals surface area contributed by atoms with Crippen LogP contribution in [0.3, 0.4) is 0 Å². The Kier molecular flexibility index (Phi) is 4.37. The van der Waals surface area contributed by atoms with E-state index in [1.807, 2.05) is 0 Å². The van der Waals surface area contributed by atoms with Gasteiger partial charge >= 0.3 is 0 Å². The second kappa shape index (κ2) is 6.03. The van der Waals surface area contributed by atoms with E-state index in [1.54, 1.807) is 30.3 Å². The molecule has 2 rings (SSSR count). The first-order chi connectivity index (χ1) is 9.51. The summed E-state index contributed by atoms with van der Waals surface area (Å²) in [6.07, 6.45) is 0. The molecule has 0 bridgehead atoms. The van der Waals surface area contributed by atoms with Gasteiger partial charge in [-0.1, -0.05) is 23.2 Å². The summed E-state index contributed by atoms with van der Waals surface area (Å²) >= 11 is 11.9. The number of hydrogen-bond acceptors (Lipinski definition) is 3. The van der Waals surface area contributed by atoms with Crippen molar-refractivity contribution in [3.05, 3.63) is 52.0 Å². The van der Waals surface area contributed by atoms with E-state index >= 15 is 0 Å². The molecule has 0 aliphatic rings. The predicted molar refractivity (Wildman–Crippen MR) is 81.8 cm³/mol. The Morgan fingerprint density at radius 3 is 2.60 bits per heavy atom. The smallest absolute Gasteiger partial charge is 0.257 e. The van der Waals surface area contributed by atoms with Crippen molar-refractivity contribution in [2.75, 3.05) is 18.2 Å². The molecule has 20 heavy (non-hydrogen) atoms. The Labute approximate surface area is 126 Å². The standard InChI is InChI=1S/C14H12Cl2N2O2/c1-20-13-5-2-8(15)6-12(13)18-14(19)10-4-3-9(17)7-11(10)16/h2-7H,17H2,1H3,(H,18,19). The van der Waals surface area contributed by atoms with E-state index in [0.717, 1.165) is 0 Å². The zero-order chi connectivity index (χ0) is 14.7. The van der Waals surface area contributed by atoms with E-state index in [9.17, 15) is 4.79 Å². The maximum Gasteiger partial charge on any atom is 0.257 e. The molecule has 4 nitrogen and oxygen atoms in total. The molecule has 2 aromatic rings. The molecule has 0 unspecified atom stereocenters. The SMILES string of the molecule is COc1ccc(Cl)cc1NC(=O)c1ccc(N)cc1Cl. The van der Waals surface area contributed by atoms with Crippen LogP contribution in [-0.4, -0.2) is 13.0 Å². The van der Waals surface area contributed by atoms with E-state index in [1.165, 1.54) is 13.2 Å². The predicted octanol–water partition coefficient (Wildman–Crippen LogP) is 3.84. The monoisotopic (exact) mass is 310 g/mol. The van der Waals surface area contributed by atoms with Crippen molar-refractivity contribution >= 4 is 40.5 Å². The summed E-state index contributed by atoms with van der Waals surface area (Å²) in [6.45, 7) is 0. The fourth-order valence-corrected chi connectivity index (χ4v) is 2.13. The highest BCUT2D eigenvalue weighted by molar-refractivity contribution is 6.35. The third-order valence-corrected chi connectivity index (χ3v) is 3.20. The van der Waals surface area contributed by atoms with Crippen molar-refractivity contribution in [1.29, 1.82) is 0 Å². The lowest BCUT2D eigenvalue weighted by atomic mass is 10.2. The lowest BCUT2D eigenvalue weighted by molar-refractivity contribution is 0.102. The summed E-state index contributed by atoms with van der Waals surface area (Å²) in [4.78, 5) is 12.2. The summed E-state index contributed by atoms with van der Waals surface area (Å²) in [5.74, 6) is 0.143. The number of amides is 1. The lowest BCUT2D eigenvalue weighted by Gasteiger charge is -2.11. The van der Waals surface area contributed by atoms with Gasteiger partial charge in [0.1, 0.15) is 5.75 Å². The van der Waals surface area contributed by atoms with Gasteiger partial charge in [0.15, 0.2) is 0 Å². The number of carbonyl (C=O) groups excluding carboxylic acids is 1. The van der Waals surface area contributed by atoms with E-state index in [0.29, 0.717) is 27.7 Å². The maximum atomic E-state index is 12.2. The maximum absolute atomic E-state index is 12.2. The number of hydrogen-bond donors (Lipinski definition) is 2. The van der Waals surface area contributed by atoms with Crippen LogP contribution in [0.5, 0.6) is 5.75 Å². The van der Waals surface area contributed by atoms with Gasteiger partial charge in [-0.2, -0.15) is 0 Å². The zero-order valence-corrected chi connectivity index (χ0v) is 12.1. The minimum Gasteiger partial charge on any atom is -0.495 e. The van der Waals surface area contributed by atoms with Gasteiger partial charge in [-0.3, -0.25) is 4.79 Å². The van der Waals surface area contributed by atoms with Crippen molar-refractivity contribution in [3.63, 3.8) is 0 Å². The second-order valence-corrected chi connectivity index (χ2v) is 4.88. The van der Waals surface area contributed by atoms with Gasteiger partial charge in [-0.15, -0.1) is 0 Å². The Hall–Kier alpha value is -1.91. The van der Waals surface area contributed by atoms with Crippen molar-refractivity contribution in [1.82, 2.24) is 0 Å². The number of benzene rings is 2. The molecule has 0 spiro atoms. The van der Waals surface area contributed by atoms with Gasteiger partial charge in [0.2, 0.25) is 0 Å². The highest BCUT2D eigenvalue weighted by Crippen LogP contribution is 2.29. The molecule has 6 heteroatoms. The molecular weight excluding hydrogens is 299 g/mol. The van der Waals surface area contributed by atoms with Crippen LogP contribution in [0.4, 0.5) is 11.4 Å². The van der Waals surface area contributed by atoms with Gasteiger partial charge in [0.25, 0.3) is 5.91 Å². The topological polar surface area (TPSA) is 64.3 Å². The van der Waals surface area contributed by atoms with Crippen LogP contribution < -0.4 is 15.8 Å². The summed E-state index contributed by atoms with van der Waals surface area (Å²) in [6, 6.07) is 9.63. The van der Waals surface area contributed by atoms with Crippen molar-refractivity contribution < 1.29 is 9.53 Å². The molecule has 0 aromatic heterocycles. The van der Waals surface area contributed by atoms with Crippen LogP contribution in [-0.2, 0) is 0 Å². The summed E-state index contributed by atoms with van der Waals surface area (Å²) < 4.78 is 5.16. The largest absolute Gasteiger partial charge is 0.495 e. The van der Waals surface area contributed by atoms with Crippen molar-refractivity contribution in [3.8, 4) is 5.75 Å². The number of anilines is 2. The van der Waals surface area contributed by atoms with Crippen LogP contribution in [0, 0.1) is 0 Å². The zero-order valence-electron chi connectivity index (χ0n) is 10.6. The number of rotatable bonds is 3. The number of nitrogens with one attached hydrogen (secondary N) is 1. The van der Waals surface area contributed by atoms with E-state index in [2.05, 4.69) is 5.32 Å². The van der Waals surface area contributed by atoms with Gasteiger partial charge in [-0.05, 0) is 36.4 Å². The number of methoxy groups -OCH3 is 1. The number of nitrogens with two attached hydrogens (primary N) is 1. The van der Waals surface area contributed by atoms with Crippen LogP contribution in [0.15, 0.2) is 36.4 Å². The number of ether oxygens (including phenoxy) is 1. The summed E-state index contributed by atoms with van der Waals surface area (Å²) in [7, 11) is 1.51. The number of nitrogen functional groups attached to an aromatic ring is 1. The minimum atomic E-state index is -0.365. The molecule has 0 heterocycles. The normalized spacial score (nSPS) is 10.2. The minimum absolute atomic E-state index is 0.281. The first-order valence-corrected chi connectivity index (χ1v) is 6.47. The average Bonchev–Trinajstić information content (AvgIpc) is 2.38. The number of halogens is 2. The molecule has 2 aromatic carbocycles. The summed E-state index contributed by atoms with van der Waals surface area (Å²) in [5.41, 5.74) is 6.88. The fraction of sp³-hybridized carbons (Fsp3) is 0.0714. The number of carbonyl (C=O) groups is 1. The third-order valence-electron chi connectivity index (χ3n) is 2.65. The molecule has 0 saturated heterocycles. The van der Waals surface area contributed by atoms with E-state index < -0.39 is 0 Å². The Morgan fingerprint density at radius 2 is 1.95 bits per heavy atom. The second-order valence-electron chi connectivity index (χ2n) is 4.04. The molecule has 0 fully saturated rings. The van der Waals surface area contributed by atoms with Gasteiger partial charge in [0.05, 0.1) is 23.4 Å². The molecule has 0 aliphatic heterocycles. The van der Waals surface area contributed by atoms with Crippen molar-refractivity contribution in [2.45, 2.75) is 0 Å². The Morgan fingerprint density at radius 1 is 1.20 bits per heavy atom. The van der Waals surface area contributed by atoms with Gasteiger partial charge in [-0.25, -0.2) is 0 Å². The molecule has 0 atom stereocenters. The average molecular weight is 311 g/mol. The molecule has 1 amide bonds. The highest BCUT2D eigenvalue weighted by Gasteiger charge is 2.13. The van der Waals surface area contributed by atoms with Crippen LogP contribution >= 0.6 is 23.2 Å². The van der Waals surface area contributed by atoms with Gasteiger partial charge in [0, 0.05) is 10.7 Å². The lowest BCUT2D eigenvalue weighted by Crippen LogP contribution is -2.13. The molecule has 0 saturated carbocycles. The van der Waals surface area contributed by atoms with E-state index in [-0.39, 0.29) is 10.9 Å². The van der Waals surface area contributed by atoms with Crippen LogP contribution in [0.2, 0.25) is 10.0 Å².